The van der Waals surface area contributed by atoms with Gasteiger partial charge in [-0.1, -0.05) is 6.07 Å². The van der Waals surface area contributed by atoms with E-state index in [9.17, 15) is 4.39 Å². The number of benzene rings is 1. The molecule has 0 unspecified atom stereocenters. The number of halogens is 1. The Morgan fingerprint density at radius 2 is 2.04 bits per heavy atom. The van der Waals surface area contributed by atoms with E-state index in [0.717, 1.165) is 53.3 Å². The highest BCUT2D eigenvalue weighted by atomic mass is 19.1. The van der Waals surface area contributed by atoms with Crippen LogP contribution in [0.2, 0.25) is 0 Å². The predicted octanol–water partition coefficient (Wildman–Crippen LogP) is 2.98. The van der Waals surface area contributed by atoms with Gasteiger partial charge in [-0.05, 0) is 36.4 Å². The van der Waals surface area contributed by atoms with Gasteiger partial charge in [0.25, 0.3) is 0 Å². The van der Waals surface area contributed by atoms with E-state index in [0.29, 0.717) is 6.54 Å². The minimum Gasteiger partial charge on any atom is -0.290 e. The minimum absolute atomic E-state index is 0.239. The number of pyridine rings is 1. The van der Waals surface area contributed by atoms with Gasteiger partial charge in [0.2, 0.25) is 0 Å². The molecule has 0 atom stereocenters. The maximum atomic E-state index is 13.6. The first-order valence-electron chi connectivity index (χ1n) is 8.59. The zero-order valence-electron chi connectivity index (χ0n) is 14.1. The van der Waals surface area contributed by atoms with Gasteiger partial charge in [0.05, 0.1) is 29.1 Å². The Labute approximate surface area is 149 Å². The number of nitrogens with one attached hydrogen (secondary N) is 1. The second kappa shape index (κ2) is 6.03. The third-order valence-corrected chi connectivity index (χ3v) is 4.78. The molecule has 3 aromatic heterocycles. The minimum atomic E-state index is -0.239. The largest absolute Gasteiger partial charge is 0.290 e. The fourth-order valence-electron chi connectivity index (χ4n) is 3.47. The van der Waals surface area contributed by atoms with Crippen molar-refractivity contribution in [1.29, 1.82) is 0 Å². The molecule has 0 radical (unpaired) electrons. The molecule has 0 bridgehead atoms. The lowest BCUT2D eigenvalue weighted by atomic mass is 10.2. The average molecular weight is 348 g/mol. The second-order valence-electron chi connectivity index (χ2n) is 6.53. The van der Waals surface area contributed by atoms with Gasteiger partial charge < -0.3 is 0 Å². The molecule has 1 aliphatic heterocycles. The van der Waals surface area contributed by atoms with Gasteiger partial charge >= 0.3 is 0 Å². The van der Waals surface area contributed by atoms with E-state index in [1.165, 1.54) is 6.07 Å². The van der Waals surface area contributed by atoms with Crippen molar-refractivity contribution in [3.63, 3.8) is 0 Å². The summed E-state index contributed by atoms with van der Waals surface area (Å²) in [5.74, 6) is -0.239. The molecule has 0 amide bonds. The van der Waals surface area contributed by atoms with Gasteiger partial charge in [-0.3, -0.25) is 19.7 Å². The molecule has 4 heterocycles. The zero-order chi connectivity index (χ0) is 17.5. The summed E-state index contributed by atoms with van der Waals surface area (Å²) in [6.07, 6.45) is 1.78. The van der Waals surface area contributed by atoms with Crippen molar-refractivity contribution >= 4 is 10.9 Å². The molecule has 0 aliphatic carbocycles. The summed E-state index contributed by atoms with van der Waals surface area (Å²) >= 11 is 0. The van der Waals surface area contributed by atoms with Crippen molar-refractivity contribution in [1.82, 2.24) is 29.9 Å². The number of aromatic nitrogens is 5. The molecule has 1 aromatic carbocycles. The van der Waals surface area contributed by atoms with Crippen LogP contribution in [0.4, 0.5) is 4.39 Å². The van der Waals surface area contributed by atoms with Crippen molar-refractivity contribution in [2.24, 2.45) is 0 Å². The molecule has 0 spiro atoms. The van der Waals surface area contributed by atoms with E-state index in [-0.39, 0.29) is 5.82 Å². The standard InChI is InChI=1S/C19H17FN6/c20-13-4-5-16-15(9-13)19(23-22-16)12-25-7-8-26-14(11-25)10-18(24-26)17-3-1-2-6-21-17/h1-6,9-10H,7-8,11-12H2,(H,22,23). The molecular formula is C19H17FN6. The molecule has 1 aliphatic rings. The molecule has 6 nitrogen and oxygen atoms in total. The zero-order valence-corrected chi connectivity index (χ0v) is 14.1. The number of aromatic amines is 1. The van der Waals surface area contributed by atoms with Gasteiger partial charge in [0.15, 0.2) is 0 Å². The van der Waals surface area contributed by atoms with Crippen LogP contribution in [0.1, 0.15) is 11.4 Å². The van der Waals surface area contributed by atoms with E-state index >= 15 is 0 Å². The van der Waals surface area contributed by atoms with E-state index in [1.54, 1.807) is 18.3 Å². The van der Waals surface area contributed by atoms with Gasteiger partial charge in [-0.15, -0.1) is 0 Å². The fourth-order valence-corrected chi connectivity index (χ4v) is 3.47. The first kappa shape index (κ1) is 15.2. The third kappa shape index (κ3) is 2.66. The summed E-state index contributed by atoms with van der Waals surface area (Å²) in [5, 5.41) is 12.9. The molecule has 0 fully saturated rings. The smallest absolute Gasteiger partial charge is 0.124 e. The van der Waals surface area contributed by atoms with Gasteiger partial charge in [0.1, 0.15) is 11.5 Å². The Morgan fingerprint density at radius 1 is 1.08 bits per heavy atom. The van der Waals surface area contributed by atoms with Crippen LogP contribution in [0, 0.1) is 5.82 Å². The quantitative estimate of drug-likeness (QED) is 0.618. The molecule has 0 saturated carbocycles. The van der Waals surface area contributed by atoms with Crippen LogP contribution in [-0.4, -0.2) is 36.4 Å². The summed E-state index contributed by atoms with van der Waals surface area (Å²) in [6.45, 7) is 3.15. The molecule has 130 valence electrons. The van der Waals surface area contributed by atoms with Crippen LogP contribution >= 0.6 is 0 Å². The SMILES string of the molecule is Fc1ccc2[nH]nc(CN3CCn4nc(-c5ccccn5)cc4C3)c2c1. The summed E-state index contributed by atoms with van der Waals surface area (Å²) in [5.41, 5.74) is 4.67. The van der Waals surface area contributed by atoms with Gasteiger partial charge in [-0.2, -0.15) is 10.2 Å². The number of nitrogens with zero attached hydrogens (tertiary/aromatic N) is 5. The Hall–Kier alpha value is -3.06. The Balaban J connectivity index is 1.39. The Morgan fingerprint density at radius 3 is 2.92 bits per heavy atom. The van der Waals surface area contributed by atoms with E-state index in [2.05, 4.69) is 31.2 Å². The molecule has 0 saturated heterocycles. The van der Waals surface area contributed by atoms with E-state index in [4.69, 9.17) is 0 Å². The first-order chi connectivity index (χ1) is 12.8. The van der Waals surface area contributed by atoms with Crippen molar-refractivity contribution in [2.75, 3.05) is 6.54 Å². The first-order valence-corrected chi connectivity index (χ1v) is 8.59. The lowest BCUT2D eigenvalue weighted by Gasteiger charge is -2.26. The van der Waals surface area contributed by atoms with Crippen LogP contribution < -0.4 is 0 Å². The average Bonchev–Trinajstić information content (AvgIpc) is 3.26. The Bertz CT molecular complexity index is 1070. The predicted molar refractivity (Wildman–Crippen MR) is 95.6 cm³/mol. The number of fused-ring (bicyclic) bond motifs is 2. The monoisotopic (exact) mass is 348 g/mol. The van der Waals surface area contributed by atoms with Crippen molar-refractivity contribution in [2.45, 2.75) is 19.6 Å². The van der Waals surface area contributed by atoms with Gasteiger partial charge in [0, 0.05) is 31.2 Å². The maximum Gasteiger partial charge on any atom is 0.124 e. The number of rotatable bonds is 3. The molecular weight excluding hydrogens is 331 g/mol. The molecule has 26 heavy (non-hydrogen) atoms. The summed E-state index contributed by atoms with van der Waals surface area (Å²) in [4.78, 5) is 6.68. The van der Waals surface area contributed by atoms with Crippen LogP contribution in [0.5, 0.6) is 0 Å². The molecule has 4 aromatic rings. The van der Waals surface area contributed by atoms with E-state index < -0.39 is 0 Å². The number of H-pyrrole nitrogens is 1. The van der Waals surface area contributed by atoms with Gasteiger partial charge in [-0.25, -0.2) is 4.39 Å². The highest BCUT2D eigenvalue weighted by Gasteiger charge is 2.21. The summed E-state index contributed by atoms with van der Waals surface area (Å²) in [6, 6.07) is 12.6. The lowest BCUT2D eigenvalue weighted by molar-refractivity contribution is 0.203. The lowest BCUT2D eigenvalue weighted by Crippen LogP contribution is -2.33. The third-order valence-electron chi connectivity index (χ3n) is 4.78. The second-order valence-corrected chi connectivity index (χ2v) is 6.53. The van der Waals surface area contributed by atoms with Crippen LogP contribution in [0.3, 0.4) is 0 Å². The van der Waals surface area contributed by atoms with Crippen LogP contribution in [0.15, 0.2) is 48.7 Å². The van der Waals surface area contributed by atoms with Crippen molar-refractivity contribution in [3.05, 3.63) is 65.9 Å². The fraction of sp³-hybridized carbons (Fsp3) is 0.211. The summed E-state index contributed by atoms with van der Waals surface area (Å²) in [7, 11) is 0. The van der Waals surface area contributed by atoms with Crippen molar-refractivity contribution in [3.8, 4) is 11.4 Å². The highest BCUT2D eigenvalue weighted by molar-refractivity contribution is 5.81. The molecule has 7 heteroatoms. The summed E-state index contributed by atoms with van der Waals surface area (Å²) < 4.78 is 15.6. The molecule has 5 rings (SSSR count). The molecule has 1 N–H and O–H groups in total. The van der Waals surface area contributed by atoms with Crippen LogP contribution in [0.25, 0.3) is 22.3 Å². The van der Waals surface area contributed by atoms with Crippen molar-refractivity contribution < 1.29 is 4.39 Å². The van der Waals surface area contributed by atoms with Crippen LogP contribution in [-0.2, 0) is 19.6 Å². The normalized spacial score (nSPS) is 14.7. The van der Waals surface area contributed by atoms with E-state index in [1.807, 2.05) is 22.9 Å². The Kier molecular flexibility index (Phi) is 3.53. The number of hydrogen-bond donors (Lipinski definition) is 1. The maximum absolute atomic E-state index is 13.6. The highest BCUT2D eigenvalue weighted by Crippen LogP contribution is 2.23. The topological polar surface area (TPSA) is 62.6 Å². The number of hydrogen-bond acceptors (Lipinski definition) is 4.